The first-order valence-corrected chi connectivity index (χ1v) is 13.4. The molecule has 3 aromatic carbocycles. The topological polar surface area (TPSA) is 99.6 Å². The Bertz CT molecular complexity index is 1610. The van der Waals surface area contributed by atoms with Crippen LogP contribution < -0.4 is 10.3 Å². The van der Waals surface area contributed by atoms with E-state index in [-0.39, 0.29) is 17.9 Å². The molecule has 190 valence electrons. The molecular weight excluding hydrogens is 672 g/mol. The van der Waals surface area contributed by atoms with E-state index in [9.17, 15) is 14.9 Å². The molecule has 0 aliphatic heterocycles. The van der Waals surface area contributed by atoms with Gasteiger partial charge < -0.3 is 4.74 Å². The summed E-state index contributed by atoms with van der Waals surface area (Å²) in [5.74, 6) is 0.835. The first-order chi connectivity index (χ1) is 17.4. The molecule has 0 radical (unpaired) electrons. The van der Waals surface area contributed by atoms with Gasteiger partial charge in [-0.15, -0.1) is 0 Å². The van der Waals surface area contributed by atoms with E-state index in [1.165, 1.54) is 29.1 Å². The minimum Gasteiger partial charge on any atom is -0.488 e. The first-order valence-electron chi connectivity index (χ1n) is 11.1. The standard InChI is InChI=1S/C26H21Br3N4O4/c1-26(2,3)25-31-22-8-6-17(27)11-20(22)24(34)32(25)30-13-16-10-19(33(35)36)7-9-23(16)37-14-15-4-5-18(28)12-21(15)29/h4-13H,14H2,1-3H3. The van der Waals surface area contributed by atoms with Gasteiger partial charge in [0.1, 0.15) is 18.2 Å². The SMILES string of the molecule is CC(C)(C)c1nc2ccc(Br)cc2c(=O)n1N=Cc1cc([N+](=O)[O-])ccc1OCc1ccc(Br)cc1Br. The van der Waals surface area contributed by atoms with Crippen LogP contribution in [0.25, 0.3) is 10.9 Å². The molecule has 8 nitrogen and oxygen atoms in total. The van der Waals surface area contributed by atoms with Gasteiger partial charge in [-0.2, -0.15) is 9.78 Å². The highest BCUT2D eigenvalue weighted by atomic mass is 79.9. The Labute approximate surface area is 237 Å². The summed E-state index contributed by atoms with van der Waals surface area (Å²) in [6.45, 7) is 6.02. The van der Waals surface area contributed by atoms with Crippen molar-refractivity contribution in [2.24, 2.45) is 5.10 Å². The van der Waals surface area contributed by atoms with Gasteiger partial charge in [0.05, 0.1) is 22.0 Å². The molecule has 0 N–H and O–H groups in total. The average Bonchev–Trinajstić information content (AvgIpc) is 2.82. The van der Waals surface area contributed by atoms with Gasteiger partial charge in [0.2, 0.25) is 0 Å². The molecule has 0 saturated heterocycles. The summed E-state index contributed by atoms with van der Waals surface area (Å²) in [5.41, 5.74) is 0.822. The number of hydrogen-bond donors (Lipinski definition) is 0. The Balaban J connectivity index is 1.80. The summed E-state index contributed by atoms with van der Waals surface area (Å²) in [5, 5.41) is 16.3. The lowest BCUT2D eigenvalue weighted by molar-refractivity contribution is -0.384. The first kappa shape index (κ1) is 27.2. The molecule has 0 amide bonds. The molecule has 0 fully saturated rings. The number of nitro groups is 1. The quantitative estimate of drug-likeness (QED) is 0.120. The maximum Gasteiger partial charge on any atom is 0.282 e. The molecule has 1 aromatic heterocycles. The molecule has 0 unspecified atom stereocenters. The van der Waals surface area contributed by atoms with Crippen LogP contribution >= 0.6 is 47.8 Å². The highest BCUT2D eigenvalue weighted by Crippen LogP contribution is 2.28. The molecule has 1 heterocycles. The minimum atomic E-state index is -0.506. The second kappa shape index (κ2) is 10.8. The number of hydrogen-bond acceptors (Lipinski definition) is 6. The second-order valence-corrected chi connectivity index (χ2v) is 11.9. The van der Waals surface area contributed by atoms with Crippen molar-refractivity contribution in [1.82, 2.24) is 9.66 Å². The molecule has 0 aliphatic rings. The predicted molar refractivity (Wildman–Crippen MR) is 155 cm³/mol. The molecule has 0 bridgehead atoms. The Morgan fingerprint density at radius 3 is 2.43 bits per heavy atom. The Morgan fingerprint density at radius 2 is 1.76 bits per heavy atom. The van der Waals surface area contributed by atoms with E-state index in [2.05, 4.69) is 52.9 Å². The van der Waals surface area contributed by atoms with Crippen molar-refractivity contribution in [2.75, 3.05) is 0 Å². The van der Waals surface area contributed by atoms with Crippen molar-refractivity contribution in [3.8, 4) is 5.75 Å². The van der Waals surface area contributed by atoms with Gasteiger partial charge in [0.25, 0.3) is 11.2 Å². The number of aromatic nitrogens is 2. The maximum absolute atomic E-state index is 13.4. The van der Waals surface area contributed by atoms with Crippen LogP contribution in [0.4, 0.5) is 5.69 Å². The summed E-state index contributed by atoms with van der Waals surface area (Å²) in [6.07, 6.45) is 1.39. The average molecular weight is 693 g/mol. The van der Waals surface area contributed by atoms with Crippen LogP contribution in [0.3, 0.4) is 0 Å². The fourth-order valence-electron chi connectivity index (χ4n) is 3.54. The van der Waals surface area contributed by atoms with Gasteiger partial charge in [-0.1, -0.05) is 74.6 Å². The van der Waals surface area contributed by atoms with E-state index in [1.54, 1.807) is 12.1 Å². The number of fused-ring (bicyclic) bond motifs is 1. The fourth-order valence-corrected chi connectivity index (χ4v) is 5.06. The number of nitro benzene ring substituents is 1. The smallest absolute Gasteiger partial charge is 0.282 e. The zero-order valence-electron chi connectivity index (χ0n) is 20.0. The van der Waals surface area contributed by atoms with Gasteiger partial charge in [0.15, 0.2) is 0 Å². The van der Waals surface area contributed by atoms with E-state index in [4.69, 9.17) is 9.72 Å². The summed E-state index contributed by atoms with van der Waals surface area (Å²) in [4.78, 5) is 29.1. The highest BCUT2D eigenvalue weighted by Gasteiger charge is 2.23. The third-order valence-electron chi connectivity index (χ3n) is 5.39. The molecule has 0 aliphatic carbocycles. The van der Waals surface area contributed by atoms with Gasteiger partial charge in [-0.05, 0) is 36.4 Å². The molecule has 11 heteroatoms. The van der Waals surface area contributed by atoms with Crippen molar-refractivity contribution in [2.45, 2.75) is 32.8 Å². The lowest BCUT2D eigenvalue weighted by atomic mass is 9.95. The summed E-state index contributed by atoms with van der Waals surface area (Å²) in [6, 6.07) is 15.3. The van der Waals surface area contributed by atoms with Crippen LogP contribution in [0.5, 0.6) is 5.75 Å². The highest BCUT2D eigenvalue weighted by molar-refractivity contribution is 9.11. The van der Waals surface area contributed by atoms with Crippen LogP contribution in [0.1, 0.15) is 37.7 Å². The summed E-state index contributed by atoms with van der Waals surface area (Å²) >= 11 is 10.3. The van der Waals surface area contributed by atoms with Crippen molar-refractivity contribution >= 4 is 70.6 Å². The van der Waals surface area contributed by atoms with Crippen molar-refractivity contribution in [1.29, 1.82) is 0 Å². The molecule has 37 heavy (non-hydrogen) atoms. The lowest BCUT2D eigenvalue weighted by Crippen LogP contribution is -2.29. The van der Waals surface area contributed by atoms with E-state index >= 15 is 0 Å². The second-order valence-electron chi connectivity index (χ2n) is 9.21. The third-order valence-corrected chi connectivity index (χ3v) is 7.12. The third kappa shape index (κ3) is 6.16. The normalized spacial score (nSPS) is 11.8. The van der Waals surface area contributed by atoms with Gasteiger partial charge in [0, 0.05) is 42.1 Å². The summed E-state index contributed by atoms with van der Waals surface area (Å²) in [7, 11) is 0. The van der Waals surface area contributed by atoms with Crippen molar-refractivity contribution in [3.63, 3.8) is 0 Å². The van der Waals surface area contributed by atoms with Crippen LogP contribution in [0.2, 0.25) is 0 Å². The van der Waals surface area contributed by atoms with Crippen LogP contribution in [-0.4, -0.2) is 20.8 Å². The number of rotatable bonds is 6. The summed E-state index contributed by atoms with van der Waals surface area (Å²) < 4.78 is 9.77. The van der Waals surface area contributed by atoms with Gasteiger partial charge >= 0.3 is 0 Å². The molecule has 0 saturated carbocycles. The zero-order valence-corrected chi connectivity index (χ0v) is 24.8. The molecule has 4 rings (SSSR count). The molecule has 4 aromatic rings. The lowest BCUT2D eigenvalue weighted by Gasteiger charge is -2.21. The van der Waals surface area contributed by atoms with E-state index in [0.29, 0.717) is 28.0 Å². The van der Waals surface area contributed by atoms with E-state index in [0.717, 1.165) is 19.0 Å². The predicted octanol–water partition coefficient (Wildman–Crippen LogP) is 7.35. The van der Waals surface area contributed by atoms with Crippen molar-refractivity contribution < 1.29 is 9.66 Å². The Kier molecular flexibility index (Phi) is 7.96. The van der Waals surface area contributed by atoms with Gasteiger partial charge in [-0.25, -0.2) is 4.98 Å². The Hall–Kier alpha value is -2.89. The molecule has 0 spiro atoms. The monoisotopic (exact) mass is 690 g/mol. The fraction of sp³-hybridized carbons (Fsp3) is 0.192. The maximum atomic E-state index is 13.4. The van der Waals surface area contributed by atoms with E-state index in [1.807, 2.05) is 45.0 Å². The van der Waals surface area contributed by atoms with Gasteiger partial charge in [-0.3, -0.25) is 14.9 Å². The largest absolute Gasteiger partial charge is 0.488 e. The van der Waals surface area contributed by atoms with Crippen molar-refractivity contribution in [3.05, 3.63) is 105 Å². The molecular formula is C26H21Br3N4O4. The number of ether oxygens (including phenoxy) is 1. The van der Waals surface area contributed by atoms with Crippen LogP contribution in [-0.2, 0) is 12.0 Å². The van der Waals surface area contributed by atoms with Crippen LogP contribution in [0, 0.1) is 10.1 Å². The number of halogens is 3. The molecule has 0 atom stereocenters. The van der Waals surface area contributed by atoms with Crippen LogP contribution in [0.15, 0.2) is 77.9 Å². The Morgan fingerprint density at radius 1 is 1.05 bits per heavy atom. The number of nitrogens with zero attached hydrogens (tertiary/aromatic N) is 4. The number of benzene rings is 3. The minimum absolute atomic E-state index is 0.123. The zero-order chi connectivity index (χ0) is 26.9. The van der Waals surface area contributed by atoms with E-state index < -0.39 is 10.3 Å². The number of non-ortho nitro benzene ring substituents is 1.